The number of halogens is 1. The monoisotopic (exact) mass is 261 g/mol. The zero-order chi connectivity index (χ0) is 10.7. The third kappa shape index (κ3) is 3.42. The number of thiazole rings is 1. The highest BCUT2D eigenvalue weighted by atomic mass is 35.5. The van der Waals surface area contributed by atoms with Crippen LogP contribution in [-0.2, 0) is 13.0 Å². The van der Waals surface area contributed by atoms with Crippen LogP contribution >= 0.6 is 23.7 Å². The Kier molecular flexibility index (Phi) is 5.69. The van der Waals surface area contributed by atoms with Crippen LogP contribution in [0.1, 0.15) is 23.7 Å². The number of nitrogens with zero attached hydrogens (tertiary/aromatic N) is 2. The molecule has 3 nitrogen and oxygen atoms in total. The van der Waals surface area contributed by atoms with E-state index in [4.69, 9.17) is 0 Å². The first-order valence-corrected chi connectivity index (χ1v) is 6.49. The molecule has 1 aliphatic heterocycles. The number of nitrogens with one attached hydrogen (secondary N) is 1. The summed E-state index contributed by atoms with van der Waals surface area (Å²) >= 11 is 1.86. The smallest absolute Gasteiger partial charge is 0.0925 e. The van der Waals surface area contributed by atoms with Gasteiger partial charge in [-0.25, -0.2) is 4.98 Å². The molecular formula is C11H20ClN3S. The fourth-order valence-corrected chi connectivity index (χ4v) is 2.79. The Morgan fingerprint density at radius 1 is 1.62 bits per heavy atom. The van der Waals surface area contributed by atoms with Crippen molar-refractivity contribution in [3.63, 3.8) is 0 Å². The first kappa shape index (κ1) is 13.9. The predicted octanol–water partition coefficient (Wildman–Crippen LogP) is 1.92. The summed E-state index contributed by atoms with van der Waals surface area (Å²) in [6.07, 6.45) is 3.10. The number of aromatic nitrogens is 1. The van der Waals surface area contributed by atoms with Crippen molar-refractivity contribution in [2.75, 3.05) is 19.6 Å². The van der Waals surface area contributed by atoms with Crippen LogP contribution in [-0.4, -0.2) is 35.6 Å². The molecule has 2 rings (SSSR count). The van der Waals surface area contributed by atoms with Gasteiger partial charge in [0.25, 0.3) is 0 Å². The van der Waals surface area contributed by atoms with E-state index in [1.165, 1.54) is 9.88 Å². The number of rotatable bonds is 3. The molecule has 16 heavy (non-hydrogen) atoms. The minimum atomic E-state index is 0. The molecule has 0 amide bonds. The van der Waals surface area contributed by atoms with Gasteiger partial charge in [-0.05, 0) is 13.3 Å². The van der Waals surface area contributed by atoms with Crippen molar-refractivity contribution in [2.24, 2.45) is 0 Å². The Hall–Kier alpha value is -0.160. The Morgan fingerprint density at radius 2 is 2.44 bits per heavy atom. The zero-order valence-electron chi connectivity index (χ0n) is 9.90. The van der Waals surface area contributed by atoms with Crippen LogP contribution in [0.15, 0.2) is 6.20 Å². The maximum absolute atomic E-state index is 4.40. The maximum atomic E-state index is 4.40. The molecule has 1 aromatic heterocycles. The summed E-state index contributed by atoms with van der Waals surface area (Å²) in [7, 11) is 0. The van der Waals surface area contributed by atoms with E-state index in [1.807, 2.05) is 17.5 Å². The summed E-state index contributed by atoms with van der Waals surface area (Å²) in [6, 6.07) is 0.644. The molecule has 0 unspecified atom stereocenters. The van der Waals surface area contributed by atoms with Crippen LogP contribution in [0.25, 0.3) is 0 Å². The van der Waals surface area contributed by atoms with Crippen LogP contribution in [0.2, 0.25) is 0 Å². The van der Waals surface area contributed by atoms with E-state index >= 15 is 0 Å². The Bertz CT molecular complexity index is 316. The molecule has 5 heteroatoms. The minimum Gasteiger partial charge on any atom is -0.314 e. The lowest BCUT2D eigenvalue weighted by atomic mass is 10.2. The Morgan fingerprint density at radius 3 is 3.06 bits per heavy atom. The van der Waals surface area contributed by atoms with Crippen LogP contribution in [0, 0.1) is 0 Å². The Balaban J connectivity index is 0.00000128. The third-order valence-corrected chi connectivity index (χ3v) is 4.03. The zero-order valence-corrected chi connectivity index (χ0v) is 11.5. The quantitative estimate of drug-likeness (QED) is 0.901. The number of hydrogen-bond donors (Lipinski definition) is 1. The highest BCUT2D eigenvalue weighted by molar-refractivity contribution is 7.11. The largest absolute Gasteiger partial charge is 0.314 e. The normalized spacial score (nSPS) is 21.8. The van der Waals surface area contributed by atoms with Crippen LogP contribution in [0.3, 0.4) is 0 Å². The average molecular weight is 262 g/mol. The topological polar surface area (TPSA) is 28.2 Å². The molecule has 0 aliphatic carbocycles. The Labute approximate surface area is 108 Å². The van der Waals surface area contributed by atoms with Crippen LogP contribution in [0.4, 0.5) is 0 Å². The van der Waals surface area contributed by atoms with E-state index in [2.05, 4.69) is 29.0 Å². The van der Waals surface area contributed by atoms with Crippen molar-refractivity contribution in [3.05, 3.63) is 16.1 Å². The summed E-state index contributed by atoms with van der Waals surface area (Å²) in [4.78, 5) is 8.34. The summed E-state index contributed by atoms with van der Waals surface area (Å²) in [5.41, 5.74) is 0. The molecule has 0 saturated carbocycles. The summed E-state index contributed by atoms with van der Waals surface area (Å²) in [6.45, 7) is 8.90. The summed E-state index contributed by atoms with van der Waals surface area (Å²) in [5, 5.41) is 4.67. The highest BCUT2D eigenvalue weighted by Gasteiger charge is 2.18. The van der Waals surface area contributed by atoms with E-state index < -0.39 is 0 Å². The van der Waals surface area contributed by atoms with Crippen LogP contribution in [0.5, 0.6) is 0 Å². The molecule has 0 spiro atoms. The first-order chi connectivity index (χ1) is 7.29. The van der Waals surface area contributed by atoms with E-state index in [-0.39, 0.29) is 12.4 Å². The molecular weight excluding hydrogens is 242 g/mol. The second-order valence-electron chi connectivity index (χ2n) is 4.10. The van der Waals surface area contributed by atoms with Gasteiger partial charge in [0, 0.05) is 43.3 Å². The van der Waals surface area contributed by atoms with Crippen molar-refractivity contribution in [1.82, 2.24) is 15.2 Å². The molecule has 1 aliphatic rings. The second kappa shape index (κ2) is 6.55. The van der Waals surface area contributed by atoms with Gasteiger partial charge in [-0.1, -0.05) is 6.92 Å². The second-order valence-corrected chi connectivity index (χ2v) is 5.30. The lowest BCUT2D eigenvalue weighted by Gasteiger charge is -2.33. The van der Waals surface area contributed by atoms with Gasteiger partial charge >= 0.3 is 0 Å². The standard InChI is InChI=1S/C11H19N3S.ClH/c1-3-11-13-7-10(15-11)8-14-5-4-12-6-9(14)2;/h7,9,12H,3-6,8H2,1-2H3;1H/t9-;/m1./s1. The van der Waals surface area contributed by atoms with Gasteiger partial charge in [0.15, 0.2) is 0 Å². The predicted molar refractivity (Wildman–Crippen MR) is 71.5 cm³/mol. The van der Waals surface area contributed by atoms with Crippen molar-refractivity contribution >= 4 is 23.7 Å². The van der Waals surface area contributed by atoms with Crippen LogP contribution < -0.4 is 5.32 Å². The van der Waals surface area contributed by atoms with Gasteiger partial charge in [0.05, 0.1) is 5.01 Å². The first-order valence-electron chi connectivity index (χ1n) is 5.68. The lowest BCUT2D eigenvalue weighted by Crippen LogP contribution is -2.49. The van der Waals surface area contributed by atoms with Gasteiger partial charge in [-0.15, -0.1) is 23.7 Å². The number of aryl methyl sites for hydroxylation is 1. The fraction of sp³-hybridized carbons (Fsp3) is 0.727. The van der Waals surface area contributed by atoms with Crippen molar-refractivity contribution < 1.29 is 0 Å². The van der Waals surface area contributed by atoms with Crippen molar-refractivity contribution in [2.45, 2.75) is 32.9 Å². The molecule has 1 aromatic rings. The van der Waals surface area contributed by atoms with Gasteiger partial charge in [-0.3, -0.25) is 4.90 Å². The minimum absolute atomic E-state index is 0. The molecule has 2 heterocycles. The van der Waals surface area contributed by atoms with Crippen molar-refractivity contribution in [3.8, 4) is 0 Å². The van der Waals surface area contributed by atoms with E-state index in [0.29, 0.717) is 6.04 Å². The highest BCUT2D eigenvalue weighted by Crippen LogP contribution is 2.17. The number of piperazine rings is 1. The molecule has 0 radical (unpaired) electrons. The molecule has 1 saturated heterocycles. The van der Waals surface area contributed by atoms with Gasteiger partial charge in [0.1, 0.15) is 0 Å². The lowest BCUT2D eigenvalue weighted by molar-refractivity contribution is 0.167. The molecule has 1 fully saturated rings. The van der Waals surface area contributed by atoms with E-state index in [9.17, 15) is 0 Å². The summed E-state index contributed by atoms with van der Waals surface area (Å²) < 4.78 is 0. The molecule has 0 aromatic carbocycles. The van der Waals surface area contributed by atoms with Gasteiger partial charge in [-0.2, -0.15) is 0 Å². The van der Waals surface area contributed by atoms with Crippen molar-refractivity contribution in [1.29, 1.82) is 0 Å². The third-order valence-electron chi connectivity index (χ3n) is 2.90. The van der Waals surface area contributed by atoms with E-state index in [0.717, 1.165) is 32.6 Å². The average Bonchev–Trinajstić information content (AvgIpc) is 2.69. The summed E-state index contributed by atoms with van der Waals surface area (Å²) in [5.74, 6) is 0. The SMILES string of the molecule is CCc1ncc(CN2CCNC[C@H]2C)s1.Cl. The van der Waals surface area contributed by atoms with E-state index in [1.54, 1.807) is 0 Å². The molecule has 0 bridgehead atoms. The van der Waals surface area contributed by atoms with Gasteiger partial charge < -0.3 is 5.32 Å². The molecule has 92 valence electrons. The van der Waals surface area contributed by atoms with Gasteiger partial charge in [0.2, 0.25) is 0 Å². The molecule has 1 N–H and O–H groups in total. The maximum Gasteiger partial charge on any atom is 0.0925 e. The fourth-order valence-electron chi connectivity index (χ4n) is 1.90. The molecule has 1 atom stereocenters. The number of hydrogen-bond acceptors (Lipinski definition) is 4.